The second kappa shape index (κ2) is 7.15. The van der Waals surface area contributed by atoms with E-state index in [-0.39, 0.29) is 12.2 Å². The smallest absolute Gasteiger partial charge is 0.390 e. The van der Waals surface area contributed by atoms with Crippen molar-refractivity contribution >= 4 is 40.4 Å². The highest BCUT2D eigenvalue weighted by molar-refractivity contribution is 7.74. The monoisotopic (exact) mass is 473 g/mol. The predicted molar refractivity (Wildman–Crippen MR) is 90.7 cm³/mol. The lowest BCUT2D eigenvalue weighted by Crippen LogP contribution is -2.26. The number of nitrogens with zero attached hydrogens (tertiary/aromatic N) is 4. The number of hydrogen-bond acceptors (Lipinski definition) is 13. The number of aliphatic hydroxyl groups is 1. The Bertz CT molecular complexity index is 1060. The zero-order valence-corrected chi connectivity index (χ0v) is 16.8. The summed E-state index contributed by atoms with van der Waals surface area (Å²) in [7, 11) is -15.3. The van der Waals surface area contributed by atoms with E-state index in [0.29, 0.717) is 11.2 Å². The molecule has 2 fully saturated rings. The maximum absolute atomic E-state index is 12.3. The Morgan fingerprint density at radius 3 is 2.55 bits per heavy atom. The summed E-state index contributed by atoms with van der Waals surface area (Å²) < 4.78 is 59.1. The van der Waals surface area contributed by atoms with Crippen LogP contribution >= 0.6 is 23.5 Å². The van der Waals surface area contributed by atoms with Crippen LogP contribution in [0.2, 0.25) is 0 Å². The van der Waals surface area contributed by atoms with Crippen molar-refractivity contribution in [2.75, 3.05) is 12.3 Å². The van der Waals surface area contributed by atoms with E-state index in [1.807, 2.05) is 0 Å². The highest BCUT2D eigenvalue weighted by Crippen LogP contribution is 2.80. The molecule has 2 aromatic rings. The molecule has 4 heterocycles. The summed E-state index contributed by atoms with van der Waals surface area (Å²) >= 11 is 0. The van der Waals surface area contributed by atoms with E-state index in [0.717, 1.165) is 0 Å². The molecule has 19 heteroatoms. The first-order valence-corrected chi connectivity index (χ1v) is 12.2. The molecule has 0 bridgehead atoms. The molecule has 0 amide bonds. The summed E-state index contributed by atoms with van der Waals surface area (Å²) in [5.74, 6) is 0.154. The van der Waals surface area contributed by atoms with E-state index >= 15 is 0 Å². The van der Waals surface area contributed by atoms with E-state index in [1.54, 1.807) is 0 Å². The van der Waals surface area contributed by atoms with Gasteiger partial charge < -0.3 is 25.4 Å². The number of fused-ring (bicyclic) bond motifs is 1. The summed E-state index contributed by atoms with van der Waals surface area (Å²) in [4.78, 5) is 30.4. The van der Waals surface area contributed by atoms with E-state index in [4.69, 9.17) is 15.0 Å². The molecule has 0 spiro atoms. The Hall–Kier alpha value is -1.28. The molecular formula is C10H14N5O11P3. The van der Waals surface area contributed by atoms with Gasteiger partial charge in [0.2, 0.25) is 0 Å². The molecule has 0 aliphatic carbocycles. The molecule has 5 N–H and O–H groups in total. The first-order valence-electron chi connectivity index (χ1n) is 7.78. The Morgan fingerprint density at radius 1 is 1.17 bits per heavy atom. The van der Waals surface area contributed by atoms with Gasteiger partial charge in [0.25, 0.3) is 0 Å². The van der Waals surface area contributed by atoms with Crippen LogP contribution in [0.3, 0.4) is 0 Å². The van der Waals surface area contributed by atoms with Crippen molar-refractivity contribution in [3.8, 4) is 0 Å². The van der Waals surface area contributed by atoms with Crippen LogP contribution in [0.1, 0.15) is 12.6 Å². The van der Waals surface area contributed by atoms with E-state index in [2.05, 4.69) is 27.9 Å². The van der Waals surface area contributed by atoms with Crippen LogP contribution in [0.5, 0.6) is 0 Å². The number of hydrogen-bond donors (Lipinski definition) is 4. The van der Waals surface area contributed by atoms with Gasteiger partial charge in [-0.05, 0) is 0 Å². The van der Waals surface area contributed by atoms with Gasteiger partial charge in [-0.2, -0.15) is 12.9 Å². The third kappa shape index (κ3) is 4.29. The average molecular weight is 473 g/mol. The molecule has 2 aliphatic heterocycles. The molecule has 5 atom stereocenters. The van der Waals surface area contributed by atoms with Gasteiger partial charge in [-0.3, -0.25) is 9.09 Å². The fourth-order valence-electron chi connectivity index (χ4n) is 2.76. The van der Waals surface area contributed by atoms with Crippen LogP contribution in [0.25, 0.3) is 11.2 Å². The molecule has 29 heavy (non-hydrogen) atoms. The fraction of sp³-hybridized carbons (Fsp3) is 0.500. The number of anilines is 1. The number of aliphatic hydroxyl groups excluding tert-OH is 1. The number of rotatable bonds is 4. The van der Waals surface area contributed by atoms with Gasteiger partial charge in [-0.25, -0.2) is 28.6 Å². The summed E-state index contributed by atoms with van der Waals surface area (Å²) in [5, 5.41) is 10.2. The second-order valence-corrected chi connectivity index (χ2v) is 10.9. The van der Waals surface area contributed by atoms with Gasteiger partial charge in [0, 0.05) is 6.42 Å². The summed E-state index contributed by atoms with van der Waals surface area (Å²) in [5.41, 5.74) is 6.40. The second-order valence-electron chi connectivity index (χ2n) is 5.94. The zero-order chi connectivity index (χ0) is 21.0. The average Bonchev–Trinajstić information content (AvgIpc) is 3.14. The fourth-order valence-corrected chi connectivity index (χ4v) is 7.69. The lowest BCUT2D eigenvalue weighted by Gasteiger charge is -2.27. The lowest BCUT2D eigenvalue weighted by molar-refractivity contribution is -0.0428. The molecule has 2 aliphatic rings. The minimum absolute atomic E-state index is 0.0511. The number of phosphoric acid groups is 3. The first kappa shape index (κ1) is 21.0. The van der Waals surface area contributed by atoms with Gasteiger partial charge in [-0.15, -0.1) is 0 Å². The van der Waals surface area contributed by atoms with Crippen molar-refractivity contribution in [2.24, 2.45) is 0 Å². The highest BCUT2D eigenvalue weighted by Gasteiger charge is 2.54. The topological polar surface area (TPSA) is 228 Å². The van der Waals surface area contributed by atoms with E-state index < -0.39 is 48.5 Å². The number of ether oxygens (including phenoxy) is 1. The Kier molecular flexibility index (Phi) is 5.17. The summed E-state index contributed by atoms with van der Waals surface area (Å²) in [6.07, 6.45) is -0.334. The largest absolute Gasteiger partial charge is 0.492 e. The molecule has 2 saturated heterocycles. The number of nitrogens with two attached hydrogens (primary N) is 1. The molecule has 16 nitrogen and oxygen atoms in total. The van der Waals surface area contributed by atoms with Crippen molar-refractivity contribution in [2.45, 2.75) is 24.9 Å². The Labute approximate surface area is 161 Å². The maximum atomic E-state index is 12.3. The van der Waals surface area contributed by atoms with Gasteiger partial charge in [0.15, 0.2) is 11.5 Å². The lowest BCUT2D eigenvalue weighted by atomic mass is 10.2. The standard InChI is InChI=1S/C10H14N5O11P3/c11-9-8-10(13-3-12-9)15(4-14-8)7-1-5(16)6(23-7)2-22-29(21)25-27(17,18)24-28(19,20)26-29/h3-7,16H,1-2H2,(H,17,18)(H,19,20)(H2,11,12,13). The van der Waals surface area contributed by atoms with Crippen LogP contribution in [-0.2, 0) is 35.9 Å². The molecular weight excluding hydrogens is 459 g/mol. The molecule has 0 saturated carbocycles. The van der Waals surface area contributed by atoms with E-state index in [9.17, 15) is 28.6 Å². The van der Waals surface area contributed by atoms with Crippen molar-refractivity contribution in [3.05, 3.63) is 12.7 Å². The van der Waals surface area contributed by atoms with Crippen LogP contribution in [0.15, 0.2) is 12.7 Å². The molecule has 160 valence electrons. The molecule has 5 unspecified atom stereocenters. The third-order valence-electron chi connectivity index (χ3n) is 3.91. The summed E-state index contributed by atoms with van der Waals surface area (Å²) in [6, 6.07) is 0. The minimum atomic E-state index is -5.16. The van der Waals surface area contributed by atoms with Crippen molar-refractivity contribution in [1.29, 1.82) is 0 Å². The normalized spacial score (nSPS) is 40.4. The maximum Gasteiger partial charge on any atom is 0.492 e. The Balaban J connectivity index is 1.47. The molecule has 2 aromatic heterocycles. The van der Waals surface area contributed by atoms with Crippen LogP contribution < -0.4 is 5.73 Å². The van der Waals surface area contributed by atoms with Gasteiger partial charge in [0.1, 0.15) is 24.2 Å². The molecule has 0 aromatic carbocycles. The quantitative estimate of drug-likeness (QED) is 0.442. The first-order chi connectivity index (χ1) is 13.5. The summed E-state index contributed by atoms with van der Waals surface area (Å²) in [6.45, 7) is -0.668. The zero-order valence-electron chi connectivity index (χ0n) is 14.1. The Morgan fingerprint density at radius 2 is 1.86 bits per heavy atom. The highest BCUT2D eigenvalue weighted by atomic mass is 31.3. The van der Waals surface area contributed by atoms with Crippen molar-refractivity contribution < 1.29 is 50.8 Å². The third-order valence-corrected chi connectivity index (χ3v) is 9.28. The van der Waals surface area contributed by atoms with Crippen LogP contribution in [0.4, 0.5) is 5.82 Å². The van der Waals surface area contributed by atoms with Crippen molar-refractivity contribution in [3.63, 3.8) is 0 Å². The molecule has 4 rings (SSSR count). The SMILES string of the molecule is Nc1ncnc2c1ncn2C1CC(O)C(COP2(=O)OP(=O)(O)OP(=O)(O)O2)O1. The van der Waals surface area contributed by atoms with Gasteiger partial charge >= 0.3 is 23.5 Å². The van der Waals surface area contributed by atoms with Gasteiger partial charge in [0.05, 0.1) is 19.0 Å². The van der Waals surface area contributed by atoms with E-state index in [1.165, 1.54) is 17.2 Å². The molecule has 0 radical (unpaired) electrons. The predicted octanol–water partition coefficient (Wildman–Crippen LogP) is 0.446. The van der Waals surface area contributed by atoms with Crippen molar-refractivity contribution in [1.82, 2.24) is 19.5 Å². The minimum Gasteiger partial charge on any atom is -0.390 e. The van der Waals surface area contributed by atoms with Crippen LogP contribution in [-0.4, -0.2) is 53.2 Å². The number of aromatic nitrogens is 4. The number of nitrogen functional groups attached to an aromatic ring is 1. The van der Waals surface area contributed by atoms with Gasteiger partial charge in [-0.1, -0.05) is 0 Å². The number of imidazole rings is 1. The van der Waals surface area contributed by atoms with Crippen LogP contribution in [0, 0.1) is 0 Å².